The molecule has 0 bridgehead atoms. The SMILES string of the molecule is C=CCn1c(SCC(=O)NCC2(N3CCOCC3)CCCCC2)nc2ccccc21. The summed E-state index contributed by atoms with van der Waals surface area (Å²) in [7, 11) is 0. The second-order valence-electron chi connectivity index (χ2n) is 8.23. The highest BCUT2D eigenvalue weighted by Gasteiger charge is 2.38. The Labute approximate surface area is 183 Å². The van der Waals surface area contributed by atoms with Crippen molar-refractivity contribution in [3.63, 3.8) is 0 Å². The first-order chi connectivity index (χ1) is 14.7. The largest absolute Gasteiger partial charge is 0.379 e. The fourth-order valence-corrected chi connectivity index (χ4v) is 5.62. The predicted octanol–water partition coefficient (Wildman–Crippen LogP) is 3.47. The van der Waals surface area contributed by atoms with Crippen molar-refractivity contribution in [3.8, 4) is 0 Å². The minimum atomic E-state index is 0.0791. The van der Waals surface area contributed by atoms with Crippen LogP contribution in [0.4, 0.5) is 0 Å². The van der Waals surface area contributed by atoms with Crippen LogP contribution < -0.4 is 5.32 Å². The minimum Gasteiger partial charge on any atom is -0.379 e. The normalized spacial score (nSPS) is 19.6. The molecule has 0 atom stereocenters. The molecule has 1 aromatic carbocycles. The average molecular weight is 429 g/mol. The van der Waals surface area contributed by atoms with E-state index in [0.29, 0.717) is 12.3 Å². The number of hydrogen-bond acceptors (Lipinski definition) is 5. The average Bonchev–Trinajstić information content (AvgIpc) is 3.15. The number of allylic oxidation sites excluding steroid dienone is 1. The molecule has 1 amide bonds. The molecule has 6 nitrogen and oxygen atoms in total. The van der Waals surface area contributed by atoms with Crippen LogP contribution in [0.2, 0.25) is 0 Å². The summed E-state index contributed by atoms with van der Waals surface area (Å²) >= 11 is 1.50. The third kappa shape index (κ3) is 4.74. The van der Waals surface area contributed by atoms with E-state index in [1.54, 1.807) is 0 Å². The molecular weight excluding hydrogens is 396 g/mol. The van der Waals surface area contributed by atoms with Gasteiger partial charge in [0.25, 0.3) is 0 Å². The number of morpholine rings is 1. The third-order valence-electron chi connectivity index (χ3n) is 6.34. The van der Waals surface area contributed by atoms with Crippen molar-refractivity contribution in [2.75, 3.05) is 38.6 Å². The summed E-state index contributed by atoms with van der Waals surface area (Å²) in [5.74, 6) is 0.454. The van der Waals surface area contributed by atoms with Crippen LogP contribution in [-0.2, 0) is 16.1 Å². The van der Waals surface area contributed by atoms with Gasteiger partial charge >= 0.3 is 0 Å². The number of thioether (sulfide) groups is 1. The number of para-hydroxylation sites is 2. The highest BCUT2D eigenvalue weighted by atomic mass is 32.2. The lowest BCUT2D eigenvalue weighted by Crippen LogP contribution is -2.59. The molecule has 1 aliphatic heterocycles. The third-order valence-corrected chi connectivity index (χ3v) is 7.32. The smallest absolute Gasteiger partial charge is 0.230 e. The molecule has 7 heteroatoms. The van der Waals surface area contributed by atoms with Crippen LogP contribution in [0.15, 0.2) is 42.1 Å². The molecule has 0 radical (unpaired) electrons. The maximum absolute atomic E-state index is 12.7. The zero-order chi connectivity index (χ0) is 20.8. The number of imidazole rings is 1. The molecule has 30 heavy (non-hydrogen) atoms. The Morgan fingerprint density at radius 1 is 1.23 bits per heavy atom. The Balaban J connectivity index is 1.38. The Kier molecular flexibility index (Phi) is 7.12. The molecular formula is C23H32N4O2S. The molecule has 1 N–H and O–H groups in total. The lowest BCUT2D eigenvalue weighted by Gasteiger charge is -2.48. The van der Waals surface area contributed by atoms with Gasteiger partial charge in [-0.1, -0.05) is 49.2 Å². The van der Waals surface area contributed by atoms with Gasteiger partial charge in [0.2, 0.25) is 5.91 Å². The number of nitrogens with zero attached hydrogens (tertiary/aromatic N) is 3. The Morgan fingerprint density at radius 3 is 2.77 bits per heavy atom. The van der Waals surface area contributed by atoms with Gasteiger partial charge in [-0.25, -0.2) is 4.98 Å². The maximum atomic E-state index is 12.7. The van der Waals surface area contributed by atoms with Gasteiger partial charge < -0.3 is 14.6 Å². The van der Waals surface area contributed by atoms with Crippen LogP contribution in [0.25, 0.3) is 11.0 Å². The molecule has 162 valence electrons. The summed E-state index contributed by atoms with van der Waals surface area (Å²) in [4.78, 5) is 20.0. The number of benzene rings is 1. The van der Waals surface area contributed by atoms with Crippen molar-refractivity contribution in [2.24, 2.45) is 0 Å². The number of amides is 1. The lowest BCUT2D eigenvalue weighted by molar-refractivity contribution is -0.119. The van der Waals surface area contributed by atoms with Gasteiger partial charge in [0.15, 0.2) is 5.16 Å². The minimum absolute atomic E-state index is 0.0791. The van der Waals surface area contributed by atoms with E-state index in [0.717, 1.165) is 61.9 Å². The van der Waals surface area contributed by atoms with Gasteiger partial charge in [-0.2, -0.15) is 0 Å². The lowest BCUT2D eigenvalue weighted by atomic mass is 9.79. The molecule has 2 fully saturated rings. The Morgan fingerprint density at radius 2 is 2.00 bits per heavy atom. The van der Waals surface area contributed by atoms with Crippen molar-refractivity contribution < 1.29 is 9.53 Å². The van der Waals surface area contributed by atoms with Gasteiger partial charge in [-0.3, -0.25) is 9.69 Å². The van der Waals surface area contributed by atoms with Crippen molar-refractivity contribution >= 4 is 28.7 Å². The molecule has 2 aliphatic rings. The number of aromatic nitrogens is 2. The Bertz CT molecular complexity index is 869. The van der Waals surface area contributed by atoms with E-state index in [9.17, 15) is 4.79 Å². The number of ether oxygens (including phenoxy) is 1. The standard InChI is InChI=1S/C23H32N4O2S/c1-2-12-27-20-9-5-4-8-19(20)25-22(27)30-17-21(28)24-18-23(10-6-3-7-11-23)26-13-15-29-16-14-26/h2,4-5,8-9H,1,3,6-7,10-18H2,(H,24,28). The number of rotatable bonds is 8. The molecule has 0 unspecified atom stereocenters. The zero-order valence-corrected chi connectivity index (χ0v) is 18.5. The van der Waals surface area contributed by atoms with E-state index in [2.05, 4.69) is 27.4 Å². The van der Waals surface area contributed by atoms with Crippen molar-refractivity contribution in [1.29, 1.82) is 0 Å². The Hall–Kier alpha value is -1.83. The number of carbonyl (C=O) groups excluding carboxylic acids is 1. The van der Waals surface area contributed by atoms with Gasteiger partial charge in [0, 0.05) is 31.7 Å². The second kappa shape index (κ2) is 9.98. The van der Waals surface area contributed by atoms with Crippen molar-refractivity contribution in [1.82, 2.24) is 19.8 Å². The van der Waals surface area contributed by atoms with Gasteiger partial charge in [0.1, 0.15) is 0 Å². The first-order valence-corrected chi connectivity index (χ1v) is 12.0. The molecule has 1 saturated carbocycles. The summed E-state index contributed by atoms with van der Waals surface area (Å²) in [6, 6.07) is 8.07. The number of fused-ring (bicyclic) bond motifs is 1. The van der Waals surface area contributed by atoms with Crippen LogP contribution in [0, 0.1) is 0 Å². The van der Waals surface area contributed by atoms with Crippen LogP contribution in [0.5, 0.6) is 0 Å². The number of nitrogens with one attached hydrogen (secondary N) is 1. The van der Waals surface area contributed by atoms with E-state index in [-0.39, 0.29) is 11.4 Å². The summed E-state index contributed by atoms with van der Waals surface area (Å²) in [5.41, 5.74) is 2.13. The summed E-state index contributed by atoms with van der Waals surface area (Å²) in [6.45, 7) is 8.81. The van der Waals surface area contributed by atoms with Gasteiger partial charge in [-0.05, 0) is 25.0 Å². The zero-order valence-electron chi connectivity index (χ0n) is 17.6. The molecule has 2 aromatic rings. The van der Waals surface area contributed by atoms with Gasteiger partial charge in [-0.15, -0.1) is 6.58 Å². The predicted molar refractivity (Wildman–Crippen MR) is 122 cm³/mol. The summed E-state index contributed by atoms with van der Waals surface area (Å²) in [6.07, 6.45) is 7.98. The van der Waals surface area contributed by atoms with Crippen LogP contribution in [0.3, 0.4) is 0 Å². The molecule has 0 spiro atoms. The molecule has 4 rings (SSSR count). The van der Waals surface area contributed by atoms with E-state index < -0.39 is 0 Å². The van der Waals surface area contributed by atoms with Crippen LogP contribution in [0.1, 0.15) is 32.1 Å². The maximum Gasteiger partial charge on any atom is 0.230 e. The molecule has 1 aliphatic carbocycles. The van der Waals surface area contributed by atoms with E-state index in [1.165, 1.54) is 31.0 Å². The topological polar surface area (TPSA) is 59.4 Å². The molecule has 2 heterocycles. The van der Waals surface area contributed by atoms with Crippen molar-refractivity contribution in [3.05, 3.63) is 36.9 Å². The van der Waals surface area contributed by atoms with Crippen molar-refractivity contribution in [2.45, 2.75) is 49.3 Å². The van der Waals surface area contributed by atoms with E-state index in [1.807, 2.05) is 24.3 Å². The first-order valence-electron chi connectivity index (χ1n) is 11.0. The second-order valence-corrected chi connectivity index (χ2v) is 9.17. The number of hydrogen-bond donors (Lipinski definition) is 1. The molecule has 1 aromatic heterocycles. The van der Waals surface area contributed by atoms with E-state index in [4.69, 9.17) is 9.72 Å². The summed E-state index contributed by atoms with van der Waals surface area (Å²) < 4.78 is 7.68. The fraction of sp³-hybridized carbons (Fsp3) is 0.565. The summed E-state index contributed by atoms with van der Waals surface area (Å²) in [5, 5.41) is 4.11. The van der Waals surface area contributed by atoms with Gasteiger partial charge in [0.05, 0.1) is 30.0 Å². The highest BCUT2D eigenvalue weighted by Crippen LogP contribution is 2.34. The highest BCUT2D eigenvalue weighted by molar-refractivity contribution is 7.99. The fourth-order valence-electron chi connectivity index (χ4n) is 4.77. The van der Waals surface area contributed by atoms with E-state index >= 15 is 0 Å². The molecule has 1 saturated heterocycles. The first kappa shape index (κ1) is 21.4. The van der Waals surface area contributed by atoms with Crippen LogP contribution in [-0.4, -0.2) is 64.5 Å². The van der Waals surface area contributed by atoms with Crippen LogP contribution >= 0.6 is 11.8 Å². The quantitative estimate of drug-likeness (QED) is 0.515. The monoisotopic (exact) mass is 428 g/mol. The number of carbonyl (C=O) groups is 1.